The molecule has 98 valence electrons. The van der Waals surface area contributed by atoms with E-state index < -0.39 is 0 Å². The fourth-order valence-electron chi connectivity index (χ4n) is 1.47. The van der Waals surface area contributed by atoms with Crippen LogP contribution in [-0.2, 0) is 4.79 Å². The highest BCUT2D eigenvalue weighted by Gasteiger charge is 2.12. The summed E-state index contributed by atoms with van der Waals surface area (Å²) in [6.45, 7) is 5.08. The molecule has 1 aromatic heterocycles. The lowest BCUT2D eigenvalue weighted by Crippen LogP contribution is -2.40. The normalized spacial score (nSPS) is 9.94. The molecule has 1 rings (SSSR count). The monoisotopic (exact) mass is 313 g/mol. The van der Waals surface area contributed by atoms with Crippen molar-refractivity contribution in [2.24, 2.45) is 0 Å². The zero-order valence-electron chi connectivity index (χ0n) is 10.4. The van der Waals surface area contributed by atoms with Crippen molar-refractivity contribution in [3.8, 4) is 0 Å². The van der Waals surface area contributed by atoms with Gasteiger partial charge in [-0.05, 0) is 41.9 Å². The van der Waals surface area contributed by atoms with Gasteiger partial charge in [0.05, 0.1) is 6.54 Å². The quantitative estimate of drug-likeness (QED) is 0.837. The summed E-state index contributed by atoms with van der Waals surface area (Å²) >= 11 is 3.19. The Balaban J connectivity index is 2.54. The predicted molar refractivity (Wildman–Crippen MR) is 72.2 cm³/mol. The second-order valence-electron chi connectivity index (χ2n) is 3.59. The van der Waals surface area contributed by atoms with Crippen LogP contribution in [0.3, 0.4) is 0 Å². The molecular formula is C12H16BrN3O2. The molecule has 0 bridgehead atoms. The minimum atomic E-state index is -0.350. The maximum Gasteiger partial charge on any atom is 0.270 e. The van der Waals surface area contributed by atoms with Crippen LogP contribution in [-0.4, -0.2) is 41.3 Å². The van der Waals surface area contributed by atoms with Gasteiger partial charge < -0.3 is 10.2 Å². The number of pyridine rings is 1. The highest BCUT2D eigenvalue weighted by Crippen LogP contribution is 2.05. The lowest BCUT2D eigenvalue weighted by molar-refractivity contribution is -0.129. The molecule has 2 amide bonds. The first kappa shape index (κ1) is 14.6. The van der Waals surface area contributed by atoms with Crippen molar-refractivity contribution >= 4 is 27.7 Å². The van der Waals surface area contributed by atoms with Gasteiger partial charge in [0, 0.05) is 13.1 Å². The van der Waals surface area contributed by atoms with E-state index in [4.69, 9.17) is 0 Å². The number of amides is 2. The average Bonchev–Trinajstić information content (AvgIpc) is 2.37. The van der Waals surface area contributed by atoms with Gasteiger partial charge in [0.25, 0.3) is 5.91 Å². The van der Waals surface area contributed by atoms with E-state index in [0.717, 1.165) is 0 Å². The number of rotatable bonds is 5. The Labute approximate surface area is 115 Å². The summed E-state index contributed by atoms with van der Waals surface area (Å²) in [5, 5.41) is 2.56. The van der Waals surface area contributed by atoms with Gasteiger partial charge in [0.2, 0.25) is 5.91 Å². The van der Waals surface area contributed by atoms with Crippen LogP contribution < -0.4 is 5.32 Å². The number of carbonyl (C=O) groups is 2. The van der Waals surface area contributed by atoms with Gasteiger partial charge in [-0.15, -0.1) is 0 Å². The van der Waals surface area contributed by atoms with Crippen molar-refractivity contribution in [3.05, 3.63) is 28.5 Å². The summed E-state index contributed by atoms with van der Waals surface area (Å²) in [6, 6.07) is 5.05. The number of likely N-dealkylation sites (N-methyl/N-ethyl adjacent to an activating group) is 1. The molecule has 5 nitrogen and oxygen atoms in total. The van der Waals surface area contributed by atoms with Gasteiger partial charge in [-0.25, -0.2) is 4.98 Å². The van der Waals surface area contributed by atoms with E-state index in [1.54, 1.807) is 23.1 Å². The second kappa shape index (κ2) is 7.10. The molecule has 0 aliphatic carbocycles. The Morgan fingerprint density at radius 3 is 2.56 bits per heavy atom. The van der Waals surface area contributed by atoms with E-state index in [9.17, 15) is 9.59 Å². The van der Waals surface area contributed by atoms with Crippen LogP contribution in [0.25, 0.3) is 0 Å². The maximum atomic E-state index is 11.7. The molecule has 1 N–H and O–H groups in total. The summed E-state index contributed by atoms with van der Waals surface area (Å²) < 4.78 is 0.588. The van der Waals surface area contributed by atoms with E-state index in [0.29, 0.717) is 17.7 Å². The van der Waals surface area contributed by atoms with Crippen LogP contribution >= 0.6 is 15.9 Å². The van der Waals surface area contributed by atoms with Crippen molar-refractivity contribution in [2.75, 3.05) is 19.6 Å². The van der Waals surface area contributed by atoms with E-state index in [2.05, 4.69) is 26.2 Å². The average molecular weight is 314 g/mol. The Bertz CT molecular complexity index is 433. The zero-order chi connectivity index (χ0) is 13.5. The summed E-state index contributed by atoms with van der Waals surface area (Å²) in [5.74, 6) is -0.444. The standard InChI is InChI=1S/C12H16BrN3O2/c1-3-16(4-2)11(17)8-14-12(18)9-6-5-7-10(13)15-9/h5-7H,3-4,8H2,1-2H3,(H,14,18). The van der Waals surface area contributed by atoms with Crippen molar-refractivity contribution in [3.63, 3.8) is 0 Å². The van der Waals surface area contributed by atoms with Crippen LogP contribution in [0, 0.1) is 0 Å². The van der Waals surface area contributed by atoms with Crippen LogP contribution in [0.15, 0.2) is 22.8 Å². The first-order valence-corrected chi connectivity index (χ1v) is 6.56. The zero-order valence-corrected chi connectivity index (χ0v) is 12.0. The lowest BCUT2D eigenvalue weighted by atomic mass is 10.3. The number of aromatic nitrogens is 1. The van der Waals surface area contributed by atoms with Gasteiger partial charge in [0.1, 0.15) is 10.3 Å². The van der Waals surface area contributed by atoms with Crippen molar-refractivity contribution in [1.82, 2.24) is 15.2 Å². The molecule has 0 fully saturated rings. The Hall–Kier alpha value is -1.43. The van der Waals surface area contributed by atoms with E-state index in [1.165, 1.54) is 0 Å². The van der Waals surface area contributed by atoms with Gasteiger partial charge in [-0.3, -0.25) is 9.59 Å². The number of nitrogens with zero attached hydrogens (tertiary/aromatic N) is 2. The van der Waals surface area contributed by atoms with Crippen molar-refractivity contribution in [1.29, 1.82) is 0 Å². The molecule has 0 aliphatic heterocycles. The second-order valence-corrected chi connectivity index (χ2v) is 4.41. The SMILES string of the molecule is CCN(CC)C(=O)CNC(=O)c1cccc(Br)n1. The molecule has 0 spiro atoms. The van der Waals surface area contributed by atoms with E-state index >= 15 is 0 Å². The molecule has 0 radical (unpaired) electrons. The van der Waals surface area contributed by atoms with Gasteiger partial charge in [-0.2, -0.15) is 0 Å². The van der Waals surface area contributed by atoms with Gasteiger partial charge >= 0.3 is 0 Å². The molecule has 0 aliphatic rings. The third kappa shape index (κ3) is 4.10. The first-order chi connectivity index (χ1) is 8.58. The number of hydrogen-bond acceptors (Lipinski definition) is 3. The van der Waals surface area contributed by atoms with E-state index in [1.807, 2.05) is 13.8 Å². The molecule has 0 unspecified atom stereocenters. The third-order valence-corrected chi connectivity index (χ3v) is 2.91. The number of carbonyl (C=O) groups excluding carboxylic acids is 2. The molecule has 0 saturated carbocycles. The van der Waals surface area contributed by atoms with E-state index in [-0.39, 0.29) is 24.1 Å². The highest BCUT2D eigenvalue weighted by molar-refractivity contribution is 9.10. The molecule has 1 aromatic rings. The molecule has 0 aromatic carbocycles. The summed E-state index contributed by atoms with van der Waals surface area (Å²) in [4.78, 5) is 29.1. The molecular weight excluding hydrogens is 298 g/mol. The summed E-state index contributed by atoms with van der Waals surface area (Å²) in [7, 11) is 0. The van der Waals surface area contributed by atoms with Crippen LogP contribution in [0.1, 0.15) is 24.3 Å². The minimum absolute atomic E-state index is 0.00525. The molecule has 0 atom stereocenters. The maximum absolute atomic E-state index is 11.7. The summed E-state index contributed by atoms with van der Waals surface area (Å²) in [6.07, 6.45) is 0. The third-order valence-electron chi connectivity index (χ3n) is 2.46. The fraction of sp³-hybridized carbons (Fsp3) is 0.417. The number of halogens is 1. The molecule has 0 saturated heterocycles. The Kier molecular flexibility index (Phi) is 5.77. The Morgan fingerprint density at radius 1 is 1.33 bits per heavy atom. The molecule has 1 heterocycles. The first-order valence-electron chi connectivity index (χ1n) is 5.77. The van der Waals surface area contributed by atoms with Gasteiger partial charge in [-0.1, -0.05) is 6.07 Å². The van der Waals surface area contributed by atoms with Crippen molar-refractivity contribution in [2.45, 2.75) is 13.8 Å². The molecule has 18 heavy (non-hydrogen) atoms. The molecule has 6 heteroatoms. The topological polar surface area (TPSA) is 62.3 Å². The largest absolute Gasteiger partial charge is 0.342 e. The smallest absolute Gasteiger partial charge is 0.270 e. The van der Waals surface area contributed by atoms with Crippen LogP contribution in [0.5, 0.6) is 0 Å². The fourth-order valence-corrected chi connectivity index (χ4v) is 1.81. The minimum Gasteiger partial charge on any atom is -0.342 e. The number of nitrogens with one attached hydrogen (secondary N) is 1. The Morgan fingerprint density at radius 2 is 2.00 bits per heavy atom. The summed E-state index contributed by atoms with van der Waals surface area (Å²) in [5.41, 5.74) is 0.289. The number of hydrogen-bond donors (Lipinski definition) is 1. The highest BCUT2D eigenvalue weighted by atomic mass is 79.9. The van der Waals surface area contributed by atoms with Crippen LogP contribution in [0.4, 0.5) is 0 Å². The van der Waals surface area contributed by atoms with Crippen molar-refractivity contribution < 1.29 is 9.59 Å². The lowest BCUT2D eigenvalue weighted by Gasteiger charge is -2.18. The van der Waals surface area contributed by atoms with Gasteiger partial charge in [0.15, 0.2) is 0 Å². The predicted octanol–water partition coefficient (Wildman–Crippen LogP) is 1.44. The van der Waals surface area contributed by atoms with Crippen LogP contribution in [0.2, 0.25) is 0 Å².